The van der Waals surface area contributed by atoms with Gasteiger partial charge in [0.25, 0.3) is 0 Å². The Hall–Kier alpha value is -3.31. The molecule has 0 N–H and O–H groups in total. The molecule has 3 aromatic rings. The monoisotopic (exact) mass is 476 g/mol. The first-order valence-corrected chi connectivity index (χ1v) is 12.4. The van der Waals surface area contributed by atoms with Crippen LogP contribution >= 0.6 is 11.8 Å². The Labute approximate surface area is 204 Å². The van der Waals surface area contributed by atoms with E-state index in [1.54, 1.807) is 30.5 Å². The number of aromatic nitrogens is 3. The number of benzene rings is 2. The third-order valence-corrected chi connectivity index (χ3v) is 7.55. The van der Waals surface area contributed by atoms with Crippen molar-refractivity contribution < 1.29 is 14.3 Å². The summed E-state index contributed by atoms with van der Waals surface area (Å²) in [4.78, 5) is 12.6. The molecule has 0 saturated heterocycles. The number of methoxy groups -OCH3 is 1. The first kappa shape index (κ1) is 23.8. The highest BCUT2D eigenvalue weighted by atomic mass is 32.2. The Morgan fingerprint density at radius 2 is 1.82 bits per heavy atom. The maximum absolute atomic E-state index is 12.6. The van der Waals surface area contributed by atoms with Crippen LogP contribution in [0.5, 0.6) is 5.75 Å². The molecule has 0 aliphatic heterocycles. The van der Waals surface area contributed by atoms with Crippen molar-refractivity contribution in [2.45, 2.75) is 55.3 Å². The molecule has 176 valence electrons. The van der Waals surface area contributed by atoms with Gasteiger partial charge < -0.3 is 9.47 Å². The van der Waals surface area contributed by atoms with Crippen molar-refractivity contribution in [1.29, 1.82) is 5.26 Å². The minimum atomic E-state index is -0.433. The summed E-state index contributed by atoms with van der Waals surface area (Å²) >= 11 is 1.68. The molecule has 1 aromatic heterocycles. The topological polar surface area (TPSA) is 90.0 Å². The Balaban J connectivity index is 1.47. The van der Waals surface area contributed by atoms with E-state index in [1.807, 2.05) is 36.4 Å². The summed E-state index contributed by atoms with van der Waals surface area (Å²) in [6, 6.07) is 17.9. The highest BCUT2D eigenvalue weighted by molar-refractivity contribution is 7.99. The van der Waals surface area contributed by atoms with Gasteiger partial charge in [0.2, 0.25) is 5.69 Å². The van der Waals surface area contributed by atoms with E-state index in [-0.39, 0.29) is 5.69 Å². The number of nitriles is 1. The lowest BCUT2D eigenvalue weighted by molar-refractivity contribution is 0.0515. The van der Waals surface area contributed by atoms with Gasteiger partial charge in [-0.1, -0.05) is 29.5 Å². The van der Waals surface area contributed by atoms with Gasteiger partial charge in [0.05, 0.1) is 31.9 Å². The van der Waals surface area contributed by atoms with Crippen molar-refractivity contribution >= 4 is 17.7 Å². The second kappa shape index (κ2) is 11.2. The number of carbonyl (C=O) groups excluding carboxylic acids is 1. The average Bonchev–Trinajstić information content (AvgIpc) is 3.27. The summed E-state index contributed by atoms with van der Waals surface area (Å²) in [7, 11) is 1.64. The molecule has 1 heterocycles. The fourth-order valence-electron chi connectivity index (χ4n) is 4.26. The molecule has 0 spiro atoms. The summed E-state index contributed by atoms with van der Waals surface area (Å²) in [5.74, 6) is 0.858. The number of rotatable bonds is 8. The third kappa shape index (κ3) is 5.60. The lowest BCUT2D eigenvalue weighted by Gasteiger charge is -2.28. The zero-order valence-electron chi connectivity index (χ0n) is 19.4. The van der Waals surface area contributed by atoms with Crippen molar-refractivity contribution in [3.63, 3.8) is 0 Å². The lowest BCUT2D eigenvalue weighted by Crippen LogP contribution is -2.17. The van der Waals surface area contributed by atoms with Crippen LogP contribution in [0.3, 0.4) is 0 Å². The van der Waals surface area contributed by atoms with Crippen molar-refractivity contribution in [2.75, 3.05) is 13.7 Å². The van der Waals surface area contributed by atoms with E-state index < -0.39 is 5.97 Å². The van der Waals surface area contributed by atoms with Gasteiger partial charge >= 0.3 is 5.97 Å². The SMILES string of the molecule is CCOC(=O)c1nnn(Cc2ccc(OC)cc2)c1S[C@H]1CC[C@@H](c2ccc(C#N)cc2)CC1. The first-order chi connectivity index (χ1) is 16.6. The average molecular weight is 477 g/mol. The third-order valence-electron chi connectivity index (χ3n) is 6.11. The van der Waals surface area contributed by atoms with Crippen molar-refractivity contribution in [3.8, 4) is 11.8 Å². The van der Waals surface area contributed by atoms with Crippen LogP contribution in [0.15, 0.2) is 53.6 Å². The van der Waals surface area contributed by atoms with Crippen LogP contribution in [0, 0.1) is 11.3 Å². The van der Waals surface area contributed by atoms with Gasteiger partial charge in [0, 0.05) is 5.25 Å². The Kier molecular flexibility index (Phi) is 7.86. The van der Waals surface area contributed by atoms with Crippen molar-refractivity contribution in [3.05, 3.63) is 70.9 Å². The highest BCUT2D eigenvalue weighted by Crippen LogP contribution is 2.40. The van der Waals surface area contributed by atoms with Gasteiger partial charge in [-0.2, -0.15) is 5.26 Å². The maximum Gasteiger partial charge on any atom is 0.361 e. The number of esters is 1. The number of thioether (sulfide) groups is 1. The maximum atomic E-state index is 12.6. The first-order valence-electron chi connectivity index (χ1n) is 11.5. The molecule has 2 aromatic carbocycles. The molecule has 1 saturated carbocycles. The van der Waals surface area contributed by atoms with E-state index in [4.69, 9.17) is 14.7 Å². The molecule has 8 heteroatoms. The van der Waals surface area contributed by atoms with E-state index in [1.165, 1.54) is 5.56 Å². The van der Waals surface area contributed by atoms with E-state index >= 15 is 0 Å². The Bertz CT molecular complexity index is 1140. The van der Waals surface area contributed by atoms with Gasteiger partial charge in [-0.25, -0.2) is 9.48 Å². The number of nitrogens with zero attached hydrogens (tertiary/aromatic N) is 4. The number of hydrogen-bond acceptors (Lipinski definition) is 7. The molecule has 0 bridgehead atoms. The predicted molar refractivity (Wildman–Crippen MR) is 130 cm³/mol. The summed E-state index contributed by atoms with van der Waals surface area (Å²) in [6.07, 6.45) is 4.20. The predicted octanol–water partition coefficient (Wildman–Crippen LogP) is 5.20. The van der Waals surface area contributed by atoms with Crippen LogP contribution in [-0.4, -0.2) is 39.9 Å². The molecule has 0 amide bonds. The Morgan fingerprint density at radius 3 is 2.44 bits per heavy atom. The van der Waals surface area contributed by atoms with Gasteiger partial charge in [-0.15, -0.1) is 16.9 Å². The molecule has 7 nitrogen and oxygen atoms in total. The van der Waals surface area contributed by atoms with Crippen molar-refractivity contribution in [2.24, 2.45) is 0 Å². The second-order valence-electron chi connectivity index (χ2n) is 8.29. The molecule has 34 heavy (non-hydrogen) atoms. The standard InChI is InChI=1S/C26H28N4O3S/c1-3-33-26(31)24-25(30(29-28-24)17-19-6-12-22(32-2)13-7-19)34-23-14-10-21(11-15-23)20-8-4-18(16-27)5-9-20/h4-9,12-13,21,23H,3,10-11,14-15,17H2,1-2H3/t21-,23+. The van der Waals surface area contributed by atoms with Crippen LogP contribution in [0.4, 0.5) is 0 Å². The van der Waals surface area contributed by atoms with Gasteiger partial charge in [-0.3, -0.25) is 0 Å². The smallest absolute Gasteiger partial charge is 0.361 e. The van der Waals surface area contributed by atoms with Crippen LogP contribution in [0.25, 0.3) is 0 Å². The molecule has 1 fully saturated rings. The summed E-state index contributed by atoms with van der Waals surface area (Å²) in [5, 5.41) is 18.6. The fourth-order valence-corrected chi connectivity index (χ4v) is 5.54. The minimum absolute atomic E-state index is 0.287. The number of hydrogen-bond donors (Lipinski definition) is 0. The van der Waals surface area contributed by atoms with Crippen LogP contribution < -0.4 is 4.74 Å². The molecule has 1 aliphatic rings. The molecule has 0 unspecified atom stereocenters. The van der Waals surface area contributed by atoms with Gasteiger partial charge in [0.15, 0.2) is 0 Å². The van der Waals surface area contributed by atoms with Crippen LogP contribution in [0.2, 0.25) is 0 Å². The Morgan fingerprint density at radius 1 is 1.12 bits per heavy atom. The van der Waals surface area contributed by atoms with E-state index in [9.17, 15) is 4.79 Å². The summed E-state index contributed by atoms with van der Waals surface area (Å²) < 4.78 is 12.3. The van der Waals surface area contributed by atoms with E-state index in [2.05, 4.69) is 28.5 Å². The lowest BCUT2D eigenvalue weighted by atomic mass is 9.83. The van der Waals surface area contributed by atoms with Gasteiger partial charge in [-0.05, 0) is 73.9 Å². The molecular weight excluding hydrogens is 448 g/mol. The molecule has 1 aliphatic carbocycles. The fraction of sp³-hybridized carbons (Fsp3) is 0.385. The number of carbonyl (C=O) groups is 1. The number of ether oxygens (including phenoxy) is 2. The minimum Gasteiger partial charge on any atom is -0.497 e. The highest BCUT2D eigenvalue weighted by Gasteiger charge is 2.28. The van der Waals surface area contributed by atoms with Crippen LogP contribution in [-0.2, 0) is 11.3 Å². The second-order valence-corrected chi connectivity index (χ2v) is 9.58. The van der Waals surface area contributed by atoms with E-state index in [0.29, 0.717) is 29.9 Å². The van der Waals surface area contributed by atoms with Crippen LogP contribution in [0.1, 0.15) is 65.7 Å². The normalized spacial score (nSPS) is 17.7. The van der Waals surface area contributed by atoms with E-state index in [0.717, 1.165) is 42.0 Å². The molecule has 4 rings (SSSR count). The van der Waals surface area contributed by atoms with Gasteiger partial charge in [0.1, 0.15) is 10.8 Å². The molecular formula is C26H28N4O3S. The molecule has 0 atom stereocenters. The van der Waals surface area contributed by atoms with Crippen molar-refractivity contribution in [1.82, 2.24) is 15.0 Å². The zero-order chi connectivity index (χ0) is 23.9. The zero-order valence-corrected chi connectivity index (χ0v) is 20.3. The largest absolute Gasteiger partial charge is 0.497 e. The summed E-state index contributed by atoms with van der Waals surface area (Å²) in [6.45, 7) is 2.60. The summed E-state index contributed by atoms with van der Waals surface area (Å²) in [5.41, 5.74) is 3.32. The molecule has 0 radical (unpaired) electrons. The quantitative estimate of drug-likeness (QED) is 0.413.